The van der Waals surface area contributed by atoms with Gasteiger partial charge in [0.1, 0.15) is 0 Å². The number of hydrogen-bond acceptors (Lipinski definition) is 4. The van der Waals surface area contributed by atoms with Crippen LogP contribution in [0.3, 0.4) is 0 Å². The van der Waals surface area contributed by atoms with Crippen LogP contribution in [0.1, 0.15) is 23.7 Å². The van der Waals surface area contributed by atoms with Gasteiger partial charge in [0.25, 0.3) is 0 Å². The lowest BCUT2D eigenvalue weighted by Crippen LogP contribution is -2.37. The summed E-state index contributed by atoms with van der Waals surface area (Å²) in [5.41, 5.74) is 1.09. The maximum Gasteiger partial charge on any atom is 0.319 e. The molecule has 7 nitrogen and oxygen atoms in total. The van der Waals surface area contributed by atoms with Crippen molar-refractivity contribution in [1.82, 2.24) is 5.32 Å². The molecule has 0 aliphatic rings. The minimum absolute atomic E-state index is 0.0531. The summed E-state index contributed by atoms with van der Waals surface area (Å²) in [7, 11) is 1.38. The van der Waals surface area contributed by atoms with Gasteiger partial charge in [0.2, 0.25) is 0 Å². The van der Waals surface area contributed by atoms with E-state index in [-0.39, 0.29) is 18.7 Å². The molecule has 114 valence electrons. The van der Waals surface area contributed by atoms with Crippen molar-refractivity contribution < 1.29 is 24.2 Å². The second-order valence-electron chi connectivity index (χ2n) is 4.42. The van der Waals surface area contributed by atoms with Crippen LogP contribution in [-0.2, 0) is 9.53 Å². The second kappa shape index (κ2) is 8.01. The fourth-order valence-electron chi connectivity index (χ4n) is 1.60. The van der Waals surface area contributed by atoms with E-state index in [1.165, 1.54) is 14.0 Å². The van der Waals surface area contributed by atoms with Crippen molar-refractivity contribution in [1.29, 1.82) is 0 Å². The van der Waals surface area contributed by atoms with E-state index in [0.29, 0.717) is 11.3 Å². The molecule has 1 aromatic rings. The summed E-state index contributed by atoms with van der Waals surface area (Å²) >= 11 is 0. The molecule has 0 aliphatic heterocycles. The molecular formula is C14H18N2O5. The number of carbonyl (C=O) groups excluding carboxylic acids is 2. The molecule has 1 unspecified atom stereocenters. The fraction of sp³-hybridized carbons (Fsp3) is 0.357. The zero-order valence-electron chi connectivity index (χ0n) is 11.9. The van der Waals surface area contributed by atoms with Crippen LogP contribution in [0.4, 0.5) is 10.5 Å². The van der Waals surface area contributed by atoms with Gasteiger partial charge in [0.05, 0.1) is 12.5 Å². The van der Waals surface area contributed by atoms with Crippen molar-refractivity contribution in [2.75, 3.05) is 19.0 Å². The number of nitrogens with one attached hydrogen (secondary N) is 2. The number of Topliss-reactive ketones (excluding diaryl/α,β-unsaturated/α-hetero) is 1. The van der Waals surface area contributed by atoms with Gasteiger partial charge in [0, 0.05) is 24.9 Å². The molecule has 0 spiro atoms. The number of rotatable bonds is 7. The third kappa shape index (κ3) is 6.05. The highest BCUT2D eigenvalue weighted by molar-refractivity contribution is 5.95. The predicted molar refractivity (Wildman–Crippen MR) is 76.5 cm³/mol. The molecule has 0 aliphatic carbocycles. The fourth-order valence-corrected chi connectivity index (χ4v) is 1.60. The number of carbonyl (C=O) groups is 3. The number of benzene rings is 1. The van der Waals surface area contributed by atoms with E-state index >= 15 is 0 Å². The van der Waals surface area contributed by atoms with E-state index in [9.17, 15) is 14.4 Å². The predicted octanol–water partition coefficient (Wildman–Crippen LogP) is 1.50. The number of hydrogen-bond donors (Lipinski definition) is 3. The van der Waals surface area contributed by atoms with E-state index in [1.54, 1.807) is 24.3 Å². The van der Waals surface area contributed by atoms with Crippen LogP contribution in [-0.4, -0.2) is 42.6 Å². The smallest absolute Gasteiger partial charge is 0.319 e. The van der Waals surface area contributed by atoms with Gasteiger partial charge >= 0.3 is 12.0 Å². The first kappa shape index (κ1) is 16.6. The van der Waals surface area contributed by atoms with Gasteiger partial charge < -0.3 is 20.5 Å². The van der Waals surface area contributed by atoms with Gasteiger partial charge in [-0.15, -0.1) is 0 Å². The first-order valence-electron chi connectivity index (χ1n) is 6.32. The number of ether oxygens (including phenoxy) is 1. The quantitative estimate of drug-likeness (QED) is 0.661. The van der Waals surface area contributed by atoms with E-state index < -0.39 is 18.1 Å². The van der Waals surface area contributed by atoms with Gasteiger partial charge in [-0.05, 0) is 31.2 Å². The summed E-state index contributed by atoms with van der Waals surface area (Å²) in [5, 5.41) is 13.7. The topological polar surface area (TPSA) is 105 Å². The summed E-state index contributed by atoms with van der Waals surface area (Å²) in [4.78, 5) is 33.3. The Kier molecular flexibility index (Phi) is 6.35. The molecule has 0 saturated carbocycles. The van der Waals surface area contributed by atoms with E-state index in [2.05, 4.69) is 10.6 Å². The Morgan fingerprint density at radius 1 is 1.24 bits per heavy atom. The maximum absolute atomic E-state index is 11.6. The van der Waals surface area contributed by atoms with Gasteiger partial charge in [-0.2, -0.15) is 0 Å². The number of amides is 2. The first-order chi connectivity index (χ1) is 9.92. The Labute approximate surface area is 122 Å². The van der Waals surface area contributed by atoms with Crippen LogP contribution in [0.5, 0.6) is 0 Å². The highest BCUT2D eigenvalue weighted by Crippen LogP contribution is 2.09. The molecule has 3 N–H and O–H groups in total. The Hall–Kier alpha value is -2.41. The largest absolute Gasteiger partial charge is 0.481 e. The van der Waals surface area contributed by atoms with Gasteiger partial charge in [-0.1, -0.05) is 0 Å². The lowest BCUT2D eigenvalue weighted by molar-refractivity contribution is -0.139. The number of methoxy groups -OCH3 is 1. The van der Waals surface area contributed by atoms with Crippen LogP contribution in [0.25, 0.3) is 0 Å². The number of anilines is 1. The molecule has 1 atom stereocenters. The summed E-state index contributed by atoms with van der Waals surface area (Å²) in [6.45, 7) is 1.54. The molecule has 0 heterocycles. The number of aliphatic carboxylic acids is 1. The number of carboxylic acid groups (broad SMARTS) is 1. The lowest BCUT2D eigenvalue weighted by Gasteiger charge is -2.14. The molecule has 1 rings (SSSR count). The number of ketones is 1. The molecular weight excluding hydrogens is 276 g/mol. The average molecular weight is 294 g/mol. The molecule has 2 amide bonds. The molecule has 0 aromatic heterocycles. The Morgan fingerprint density at radius 3 is 2.33 bits per heavy atom. The third-order valence-electron chi connectivity index (χ3n) is 2.78. The highest BCUT2D eigenvalue weighted by atomic mass is 16.5. The van der Waals surface area contributed by atoms with Crippen molar-refractivity contribution in [2.45, 2.75) is 19.4 Å². The Morgan fingerprint density at radius 2 is 1.86 bits per heavy atom. The van der Waals surface area contributed by atoms with Crippen LogP contribution in [0.15, 0.2) is 24.3 Å². The van der Waals surface area contributed by atoms with Crippen molar-refractivity contribution in [3.63, 3.8) is 0 Å². The first-order valence-corrected chi connectivity index (χ1v) is 6.32. The molecule has 0 bridgehead atoms. The summed E-state index contributed by atoms with van der Waals surface area (Å²) < 4.78 is 4.94. The maximum atomic E-state index is 11.6. The van der Waals surface area contributed by atoms with Crippen molar-refractivity contribution in [3.8, 4) is 0 Å². The lowest BCUT2D eigenvalue weighted by atomic mass is 10.1. The average Bonchev–Trinajstić information content (AvgIpc) is 2.43. The molecule has 7 heteroatoms. The number of carboxylic acids is 1. The Balaban J connectivity index is 2.46. The molecule has 0 radical (unpaired) electrons. The summed E-state index contributed by atoms with van der Waals surface area (Å²) in [5.74, 6) is -1.05. The van der Waals surface area contributed by atoms with Crippen molar-refractivity contribution >= 4 is 23.5 Å². The zero-order chi connectivity index (χ0) is 15.8. The standard InChI is InChI=1S/C14H18N2O5/c1-9(17)10-3-5-11(6-4-10)16-14(20)15-8-12(21-2)7-13(18)19/h3-6,12H,7-8H2,1-2H3,(H,18,19)(H2,15,16,20). The SMILES string of the molecule is COC(CNC(=O)Nc1ccc(C(C)=O)cc1)CC(=O)O. The second-order valence-corrected chi connectivity index (χ2v) is 4.42. The van der Waals surface area contributed by atoms with E-state index in [4.69, 9.17) is 9.84 Å². The third-order valence-corrected chi connectivity index (χ3v) is 2.78. The van der Waals surface area contributed by atoms with Gasteiger partial charge in [0.15, 0.2) is 5.78 Å². The van der Waals surface area contributed by atoms with Crippen LogP contribution in [0.2, 0.25) is 0 Å². The van der Waals surface area contributed by atoms with E-state index in [0.717, 1.165) is 0 Å². The summed E-state index contributed by atoms with van der Waals surface area (Å²) in [6, 6.07) is 5.97. The van der Waals surface area contributed by atoms with Gasteiger partial charge in [-0.3, -0.25) is 9.59 Å². The molecule has 1 aromatic carbocycles. The normalized spacial score (nSPS) is 11.5. The van der Waals surface area contributed by atoms with E-state index in [1.807, 2.05) is 0 Å². The van der Waals surface area contributed by atoms with Crippen molar-refractivity contribution in [2.24, 2.45) is 0 Å². The van der Waals surface area contributed by atoms with Crippen LogP contribution < -0.4 is 10.6 Å². The molecule has 21 heavy (non-hydrogen) atoms. The summed E-state index contributed by atoms with van der Waals surface area (Å²) in [6.07, 6.45) is -0.780. The minimum Gasteiger partial charge on any atom is -0.481 e. The minimum atomic E-state index is -0.996. The van der Waals surface area contributed by atoms with Crippen LogP contribution in [0, 0.1) is 0 Å². The van der Waals surface area contributed by atoms with Crippen molar-refractivity contribution in [3.05, 3.63) is 29.8 Å². The zero-order valence-corrected chi connectivity index (χ0v) is 11.9. The number of urea groups is 1. The molecule has 0 fully saturated rings. The monoisotopic (exact) mass is 294 g/mol. The van der Waals surface area contributed by atoms with Crippen LogP contribution >= 0.6 is 0 Å². The highest BCUT2D eigenvalue weighted by Gasteiger charge is 2.13. The molecule has 0 saturated heterocycles. The van der Waals surface area contributed by atoms with Gasteiger partial charge in [-0.25, -0.2) is 4.79 Å². The Bertz CT molecular complexity index is 513.